The summed E-state index contributed by atoms with van der Waals surface area (Å²) in [5.41, 5.74) is 4.95. The van der Waals surface area contributed by atoms with E-state index in [4.69, 9.17) is 0 Å². The van der Waals surface area contributed by atoms with Crippen LogP contribution in [0.25, 0.3) is 0 Å². The summed E-state index contributed by atoms with van der Waals surface area (Å²) in [6, 6.07) is 14.3. The molecule has 0 atom stereocenters. The quantitative estimate of drug-likeness (QED) is 0.423. The molecule has 5 nitrogen and oxygen atoms in total. The van der Waals surface area contributed by atoms with Crippen LogP contribution in [0.3, 0.4) is 0 Å². The predicted octanol–water partition coefficient (Wildman–Crippen LogP) is 6.34. The van der Waals surface area contributed by atoms with Crippen molar-refractivity contribution < 1.29 is 9.59 Å². The number of rotatable bonds is 11. The van der Waals surface area contributed by atoms with Gasteiger partial charge in [0.25, 0.3) is 0 Å². The zero-order valence-corrected chi connectivity index (χ0v) is 21.4. The smallest absolute Gasteiger partial charge is 0.232 e. The summed E-state index contributed by atoms with van der Waals surface area (Å²) in [5.74, 6) is 0.208. The Balaban J connectivity index is 1.93. The molecule has 0 radical (unpaired) electrons. The first-order valence-electron chi connectivity index (χ1n) is 13.1. The van der Waals surface area contributed by atoms with Crippen LogP contribution in [0.4, 0.5) is 17.1 Å². The van der Waals surface area contributed by atoms with E-state index in [9.17, 15) is 9.59 Å². The van der Waals surface area contributed by atoms with Crippen LogP contribution in [0, 0.1) is 5.92 Å². The van der Waals surface area contributed by atoms with Gasteiger partial charge < -0.3 is 10.2 Å². The van der Waals surface area contributed by atoms with Crippen molar-refractivity contribution in [1.82, 2.24) is 4.90 Å². The minimum Gasteiger partial charge on any atom is -0.326 e. The number of carbonyl (C=O) groups is 2. The molecular weight excluding hydrogens is 422 g/mol. The molecule has 0 spiro atoms. The highest BCUT2D eigenvalue weighted by Crippen LogP contribution is 2.38. The average molecular weight is 464 g/mol. The third-order valence-electron chi connectivity index (χ3n) is 6.92. The van der Waals surface area contributed by atoms with Crippen LogP contribution in [0.15, 0.2) is 42.5 Å². The molecule has 0 aromatic heterocycles. The van der Waals surface area contributed by atoms with Gasteiger partial charge in [0, 0.05) is 24.6 Å². The normalized spacial score (nSPS) is 12.9. The van der Waals surface area contributed by atoms with Gasteiger partial charge in [0.15, 0.2) is 0 Å². The van der Waals surface area contributed by atoms with Crippen LogP contribution >= 0.6 is 0 Å². The molecule has 0 aliphatic carbocycles. The fourth-order valence-corrected chi connectivity index (χ4v) is 4.92. The lowest BCUT2D eigenvalue weighted by Crippen LogP contribution is -2.32. The number of hydrogen-bond donors (Lipinski definition) is 1. The molecule has 5 heteroatoms. The number of benzene rings is 2. The molecule has 1 N–H and O–H groups in total. The number of hydrogen-bond acceptors (Lipinski definition) is 3. The summed E-state index contributed by atoms with van der Waals surface area (Å²) in [5, 5.41) is 3.15. The third kappa shape index (κ3) is 6.26. The Morgan fingerprint density at radius 2 is 1.56 bits per heavy atom. The van der Waals surface area contributed by atoms with Gasteiger partial charge in [0.05, 0.1) is 11.4 Å². The fourth-order valence-electron chi connectivity index (χ4n) is 4.92. The summed E-state index contributed by atoms with van der Waals surface area (Å²) in [6.07, 6.45) is 6.00. The minimum atomic E-state index is 0.0290. The number of fused-ring (bicyclic) bond motifs is 2. The molecule has 0 saturated heterocycles. The fraction of sp³-hybridized carbons (Fsp3) is 0.517. The van der Waals surface area contributed by atoms with E-state index in [1.165, 1.54) is 5.56 Å². The van der Waals surface area contributed by atoms with E-state index in [1.807, 2.05) is 35.2 Å². The molecule has 34 heavy (non-hydrogen) atoms. The third-order valence-corrected chi connectivity index (χ3v) is 6.92. The Labute approximate surface area is 205 Å². The van der Waals surface area contributed by atoms with E-state index in [-0.39, 0.29) is 17.7 Å². The van der Waals surface area contributed by atoms with Crippen molar-refractivity contribution in [2.45, 2.75) is 72.6 Å². The summed E-state index contributed by atoms with van der Waals surface area (Å²) in [6.45, 7) is 11.1. The molecule has 0 unspecified atom stereocenters. The number of nitrogens with zero attached hydrogens (tertiary/aromatic N) is 2. The zero-order chi connectivity index (χ0) is 24.5. The van der Waals surface area contributed by atoms with Crippen molar-refractivity contribution in [3.05, 3.63) is 53.6 Å². The maximum absolute atomic E-state index is 13.6. The Morgan fingerprint density at radius 1 is 0.912 bits per heavy atom. The van der Waals surface area contributed by atoms with E-state index >= 15 is 0 Å². The summed E-state index contributed by atoms with van der Waals surface area (Å²) >= 11 is 0. The molecular formula is C29H41N3O2. The highest BCUT2D eigenvalue weighted by Gasteiger charge is 2.27. The van der Waals surface area contributed by atoms with Gasteiger partial charge in [-0.3, -0.25) is 14.5 Å². The van der Waals surface area contributed by atoms with Crippen LogP contribution in [0.5, 0.6) is 0 Å². The first kappa shape index (κ1) is 26.0. The van der Waals surface area contributed by atoms with Crippen LogP contribution < -0.4 is 10.2 Å². The van der Waals surface area contributed by atoms with Crippen molar-refractivity contribution in [3.63, 3.8) is 0 Å². The van der Waals surface area contributed by atoms with Crippen molar-refractivity contribution in [2.75, 3.05) is 29.9 Å². The predicted molar refractivity (Wildman–Crippen MR) is 142 cm³/mol. The highest BCUT2D eigenvalue weighted by molar-refractivity contribution is 6.03. The molecule has 2 amide bonds. The van der Waals surface area contributed by atoms with Gasteiger partial charge in [-0.05, 0) is 68.1 Å². The molecule has 2 aromatic carbocycles. The van der Waals surface area contributed by atoms with Gasteiger partial charge in [-0.25, -0.2) is 0 Å². The van der Waals surface area contributed by atoms with E-state index in [2.05, 4.69) is 50.0 Å². The van der Waals surface area contributed by atoms with Crippen LogP contribution in [0.1, 0.15) is 70.9 Å². The van der Waals surface area contributed by atoms with Gasteiger partial charge in [-0.15, -0.1) is 0 Å². The first-order chi connectivity index (χ1) is 16.5. The van der Waals surface area contributed by atoms with Gasteiger partial charge in [0.1, 0.15) is 0 Å². The van der Waals surface area contributed by atoms with Gasteiger partial charge >= 0.3 is 0 Å². The molecule has 1 aliphatic heterocycles. The second kappa shape index (κ2) is 12.7. The second-order valence-electron chi connectivity index (χ2n) is 9.24. The van der Waals surface area contributed by atoms with E-state index < -0.39 is 0 Å². The van der Waals surface area contributed by atoms with E-state index in [1.54, 1.807) is 0 Å². The molecule has 0 fully saturated rings. The molecule has 2 aromatic rings. The molecule has 184 valence electrons. The standard InChI is InChI=1S/C29H41N3O2/c1-5-11-24(12-6-2)29(34)30-25-18-17-23-16-15-22-13-9-10-14-26(22)32(27(23)21-25)28(33)19-20-31(7-3)8-4/h9-10,13-14,17-18,21,24H,5-8,11-12,15-16,19-20H2,1-4H3,(H,30,34). The largest absolute Gasteiger partial charge is 0.326 e. The molecule has 3 rings (SSSR count). The summed E-state index contributed by atoms with van der Waals surface area (Å²) in [4.78, 5) is 30.8. The number of para-hydroxylation sites is 1. The van der Waals surface area contributed by atoms with Gasteiger partial charge in [-0.2, -0.15) is 0 Å². The van der Waals surface area contributed by atoms with Crippen LogP contribution in [-0.4, -0.2) is 36.3 Å². The summed E-state index contributed by atoms with van der Waals surface area (Å²) < 4.78 is 0. The molecule has 1 heterocycles. The van der Waals surface area contributed by atoms with E-state index in [0.717, 1.165) is 80.8 Å². The van der Waals surface area contributed by atoms with Crippen molar-refractivity contribution in [1.29, 1.82) is 0 Å². The SMILES string of the molecule is CCCC(CCC)C(=O)Nc1ccc2c(c1)N(C(=O)CCN(CC)CC)c1ccccc1CC2. The molecule has 0 bridgehead atoms. The number of carbonyl (C=O) groups excluding carboxylic acids is 2. The van der Waals surface area contributed by atoms with Crippen molar-refractivity contribution in [2.24, 2.45) is 5.92 Å². The second-order valence-corrected chi connectivity index (χ2v) is 9.24. The van der Waals surface area contributed by atoms with Crippen LogP contribution in [-0.2, 0) is 22.4 Å². The Bertz CT molecular complexity index is 962. The zero-order valence-electron chi connectivity index (χ0n) is 21.4. The first-order valence-corrected chi connectivity index (χ1v) is 13.1. The lowest BCUT2D eigenvalue weighted by Gasteiger charge is -2.27. The maximum Gasteiger partial charge on any atom is 0.232 e. The number of nitrogens with one attached hydrogen (secondary N) is 1. The number of anilines is 3. The molecule has 0 saturated carbocycles. The topological polar surface area (TPSA) is 52.7 Å². The number of amides is 2. The molecule has 1 aliphatic rings. The Morgan fingerprint density at radius 3 is 2.21 bits per heavy atom. The Kier molecular flexibility index (Phi) is 9.70. The highest BCUT2D eigenvalue weighted by atomic mass is 16.2. The van der Waals surface area contributed by atoms with Gasteiger partial charge in [-0.1, -0.05) is 64.8 Å². The lowest BCUT2D eigenvalue weighted by atomic mass is 9.97. The maximum atomic E-state index is 13.6. The van der Waals surface area contributed by atoms with Crippen molar-refractivity contribution >= 4 is 28.9 Å². The average Bonchev–Trinajstić information content (AvgIpc) is 3.01. The summed E-state index contributed by atoms with van der Waals surface area (Å²) in [7, 11) is 0. The van der Waals surface area contributed by atoms with Gasteiger partial charge in [0.2, 0.25) is 11.8 Å². The minimum absolute atomic E-state index is 0.0290. The van der Waals surface area contributed by atoms with E-state index in [0.29, 0.717) is 6.42 Å². The Hall–Kier alpha value is -2.66. The van der Waals surface area contributed by atoms with Crippen LogP contribution in [0.2, 0.25) is 0 Å². The number of aryl methyl sites for hydroxylation is 2. The lowest BCUT2D eigenvalue weighted by molar-refractivity contribution is -0.120. The monoisotopic (exact) mass is 463 g/mol. The van der Waals surface area contributed by atoms with Crippen molar-refractivity contribution in [3.8, 4) is 0 Å².